The van der Waals surface area contributed by atoms with Crippen molar-refractivity contribution in [1.82, 2.24) is 4.98 Å². The number of benzene rings is 1. The Labute approximate surface area is 101 Å². The molecule has 0 fully saturated rings. The number of rotatable bonds is 0. The Morgan fingerprint density at radius 2 is 1.78 bits per heavy atom. The fourth-order valence-electron chi connectivity index (χ4n) is 1.53. The second-order valence-electron chi connectivity index (χ2n) is 3.53. The lowest BCUT2D eigenvalue weighted by molar-refractivity contribution is -0.391. The fraction of sp³-hybridized carbons (Fsp3) is 0.222. The highest BCUT2D eigenvalue weighted by atomic mass is 32.1. The Morgan fingerprint density at radius 3 is 2.50 bits per heavy atom. The first kappa shape index (κ1) is 11.3. The van der Waals surface area contributed by atoms with Crippen LogP contribution in [-0.4, -0.2) is 17.2 Å². The predicted octanol–water partition coefficient (Wildman–Crippen LogP) is 2.84. The number of alkyl halides is 4. The lowest BCUT2D eigenvalue weighted by Gasteiger charge is -2.31. The molecule has 0 saturated heterocycles. The van der Waals surface area contributed by atoms with Gasteiger partial charge < -0.3 is 15.2 Å². The number of anilines is 1. The van der Waals surface area contributed by atoms with Crippen LogP contribution in [0.25, 0.3) is 10.2 Å². The van der Waals surface area contributed by atoms with Gasteiger partial charge in [0.05, 0.1) is 5.52 Å². The number of thiazole rings is 1. The van der Waals surface area contributed by atoms with Crippen molar-refractivity contribution in [3.8, 4) is 11.5 Å². The van der Waals surface area contributed by atoms with Gasteiger partial charge in [0.1, 0.15) is 4.70 Å². The van der Waals surface area contributed by atoms with Gasteiger partial charge >= 0.3 is 12.2 Å². The topological polar surface area (TPSA) is 57.4 Å². The van der Waals surface area contributed by atoms with Crippen molar-refractivity contribution in [2.75, 3.05) is 5.73 Å². The molecule has 0 spiro atoms. The average Bonchev–Trinajstić information content (AvgIpc) is 2.60. The lowest BCUT2D eigenvalue weighted by atomic mass is 10.2. The molecule has 2 aromatic rings. The van der Waals surface area contributed by atoms with Crippen molar-refractivity contribution >= 4 is 26.7 Å². The minimum absolute atomic E-state index is 0.114. The Hall–Kier alpha value is -1.77. The zero-order chi connectivity index (χ0) is 13.1. The third-order valence-electron chi connectivity index (χ3n) is 2.30. The van der Waals surface area contributed by atoms with E-state index in [2.05, 4.69) is 14.5 Å². The molecule has 0 unspecified atom stereocenters. The van der Waals surface area contributed by atoms with E-state index in [0.29, 0.717) is 0 Å². The summed E-state index contributed by atoms with van der Waals surface area (Å²) in [6, 6.07) is 2.42. The number of hydrogen-bond donors (Lipinski definition) is 1. The van der Waals surface area contributed by atoms with E-state index in [4.69, 9.17) is 5.73 Å². The Kier molecular flexibility index (Phi) is 1.99. The van der Waals surface area contributed by atoms with E-state index in [1.165, 1.54) is 6.07 Å². The van der Waals surface area contributed by atoms with Gasteiger partial charge in [-0.2, -0.15) is 17.6 Å². The summed E-state index contributed by atoms with van der Waals surface area (Å²) in [4.78, 5) is 3.83. The van der Waals surface area contributed by atoms with Crippen molar-refractivity contribution in [3.05, 3.63) is 12.1 Å². The number of nitrogen functional groups attached to an aromatic ring is 1. The molecule has 0 amide bonds. The molecule has 4 nitrogen and oxygen atoms in total. The van der Waals surface area contributed by atoms with Gasteiger partial charge in [-0.1, -0.05) is 11.3 Å². The molecular weight excluding hydrogens is 276 g/mol. The normalized spacial score (nSPS) is 20.0. The van der Waals surface area contributed by atoms with Crippen LogP contribution in [0.3, 0.4) is 0 Å². The predicted molar refractivity (Wildman–Crippen MR) is 55.2 cm³/mol. The van der Waals surface area contributed by atoms with Crippen LogP contribution in [-0.2, 0) is 0 Å². The van der Waals surface area contributed by atoms with Crippen LogP contribution in [0.1, 0.15) is 0 Å². The van der Waals surface area contributed by atoms with Crippen LogP contribution < -0.4 is 15.2 Å². The van der Waals surface area contributed by atoms with Gasteiger partial charge in [0.25, 0.3) is 0 Å². The van der Waals surface area contributed by atoms with E-state index in [1.54, 1.807) is 0 Å². The first-order valence-electron chi connectivity index (χ1n) is 4.63. The molecule has 0 saturated carbocycles. The van der Waals surface area contributed by atoms with E-state index < -0.39 is 23.7 Å². The summed E-state index contributed by atoms with van der Waals surface area (Å²) in [6.07, 6.45) is -9.46. The molecule has 0 aliphatic carbocycles. The number of halogens is 4. The van der Waals surface area contributed by atoms with Crippen LogP contribution in [0.5, 0.6) is 11.5 Å². The highest BCUT2D eigenvalue weighted by Gasteiger charge is 2.66. The summed E-state index contributed by atoms with van der Waals surface area (Å²) < 4.78 is 60.2. The van der Waals surface area contributed by atoms with Gasteiger partial charge in [-0.15, -0.1) is 0 Å². The van der Waals surface area contributed by atoms with E-state index in [9.17, 15) is 17.6 Å². The molecule has 2 N–H and O–H groups in total. The molecule has 1 aliphatic rings. The van der Waals surface area contributed by atoms with E-state index in [-0.39, 0.29) is 15.3 Å². The number of aromatic nitrogens is 1. The largest absolute Gasteiger partial charge is 0.507 e. The van der Waals surface area contributed by atoms with E-state index in [0.717, 1.165) is 17.4 Å². The Balaban J connectivity index is 2.24. The molecule has 0 radical (unpaired) electrons. The minimum atomic E-state index is -4.74. The summed E-state index contributed by atoms with van der Waals surface area (Å²) >= 11 is 0.851. The lowest BCUT2D eigenvalue weighted by Crippen LogP contribution is -2.52. The van der Waals surface area contributed by atoms with Gasteiger partial charge in [0.15, 0.2) is 16.6 Å². The number of hydrogen-bond acceptors (Lipinski definition) is 5. The molecule has 1 aliphatic heterocycles. The molecule has 1 aromatic carbocycles. The second-order valence-corrected chi connectivity index (χ2v) is 4.56. The summed E-state index contributed by atoms with van der Waals surface area (Å²) in [6.45, 7) is 0. The van der Waals surface area contributed by atoms with Crippen molar-refractivity contribution in [2.24, 2.45) is 0 Å². The Morgan fingerprint density at radius 1 is 1.11 bits per heavy atom. The van der Waals surface area contributed by atoms with Crippen LogP contribution in [0, 0.1) is 0 Å². The van der Waals surface area contributed by atoms with Crippen LogP contribution in [0.4, 0.5) is 22.7 Å². The molecular formula is C9H4F4N2O2S. The average molecular weight is 280 g/mol. The number of nitrogens with two attached hydrogens (primary N) is 1. The molecule has 9 heteroatoms. The number of fused-ring (bicyclic) bond motifs is 3. The SMILES string of the molecule is Nc1nc2ccc3c(c2s1)OC(F)(F)C(F)(F)O3. The monoisotopic (exact) mass is 280 g/mol. The molecule has 0 atom stereocenters. The minimum Gasteiger partial charge on any atom is -0.421 e. The van der Waals surface area contributed by atoms with E-state index >= 15 is 0 Å². The maximum Gasteiger partial charge on any atom is 0.507 e. The smallest absolute Gasteiger partial charge is 0.421 e. The summed E-state index contributed by atoms with van der Waals surface area (Å²) in [5.74, 6) is -0.945. The second kappa shape index (κ2) is 3.16. The summed E-state index contributed by atoms with van der Waals surface area (Å²) in [7, 11) is 0. The van der Waals surface area contributed by atoms with Crippen LogP contribution in [0.15, 0.2) is 12.1 Å². The first-order chi connectivity index (χ1) is 8.30. The number of nitrogens with zero attached hydrogens (tertiary/aromatic N) is 1. The quantitative estimate of drug-likeness (QED) is 0.754. The summed E-state index contributed by atoms with van der Waals surface area (Å²) in [5.41, 5.74) is 5.70. The zero-order valence-corrected chi connectivity index (χ0v) is 9.23. The fourth-order valence-corrected chi connectivity index (χ4v) is 2.34. The summed E-state index contributed by atoms with van der Waals surface area (Å²) in [5, 5.41) is 0.114. The highest BCUT2D eigenvalue weighted by Crippen LogP contribution is 2.50. The zero-order valence-electron chi connectivity index (χ0n) is 8.42. The van der Waals surface area contributed by atoms with Crippen molar-refractivity contribution in [2.45, 2.75) is 12.2 Å². The molecule has 18 heavy (non-hydrogen) atoms. The standard InChI is InChI=1S/C9H4F4N2O2S/c10-8(11)9(12,13)17-5-4(16-8)2-1-3-6(5)18-7(14)15-3/h1-2H,(H2,14,15). The highest BCUT2D eigenvalue weighted by molar-refractivity contribution is 7.22. The van der Waals surface area contributed by atoms with Gasteiger partial charge in [-0.25, -0.2) is 4.98 Å². The van der Waals surface area contributed by atoms with Crippen molar-refractivity contribution < 1.29 is 27.0 Å². The molecule has 2 heterocycles. The van der Waals surface area contributed by atoms with Gasteiger partial charge in [0, 0.05) is 0 Å². The Bertz CT molecular complexity index is 643. The molecule has 1 aromatic heterocycles. The molecule has 0 bridgehead atoms. The van der Waals surface area contributed by atoms with Crippen molar-refractivity contribution in [1.29, 1.82) is 0 Å². The number of ether oxygens (including phenoxy) is 2. The first-order valence-corrected chi connectivity index (χ1v) is 5.44. The van der Waals surface area contributed by atoms with Crippen molar-refractivity contribution in [3.63, 3.8) is 0 Å². The molecule has 96 valence electrons. The van der Waals surface area contributed by atoms with E-state index in [1.807, 2.05) is 0 Å². The van der Waals surface area contributed by atoms with Crippen LogP contribution >= 0.6 is 11.3 Å². The van der Waals surface area contributed by atoms with Gasteiger partial charge in [0.2, 0.25) is 0 Å². The third kappa shape index (κ3) is 1.40. The molecule has 3 rings (SSSR count). The van der Waals surface area contributed by atoms with Gasteiger partial charge in [-0.05, 0) is 12.1 Å². The third-order valence-corrected chi connectivity index (χ3v) is 3.20. The van der Waals surface area contributed by atoms with Crippen LogP contribution in [0.2, 0.25) is 0 Å². The maximum atomic E-state index is 13.1. The maximum absolute atomic E-state index is 13.1. The van der Waals surface area contributed by atoms with Gasteiger partial charge in [-0.3, -0.25) is 0 Å².